The average molecular weight is 335 g/mol. The fourth-order valence-electron chi connectivity index (χ4n) is 2.28. The molecule has 2 heterocycles. The fourth-order valence-corrected chi connectivity index (χ4v) is 2.28. The third-order valence-electron chi connectivity index (χ3n) is 3.55. The van der Waals surface area contributed by atoms with Gasteiger partial charge in [-0.25, -0.2) is 9.97 Å². The van der Waals surface area contributed by atoms with Crippen LogP contribution in [0.3, 0.4) is 0 Å². The van der Waals surface area contributed by atoms with Crippen LogP contribution in [0.4, 0.5) is 5.69 Å². The Kier molecular flexibility index (Phi) is 4.84. The summed E-state index contributed by atoms with van der Waals surface area (Å²) in [6.45, 7) is 1.77. The molecule has 2 aromatic heterocycles. The summed E-state index contributed by atoms with van der Waals surface area (Å²) in [7, 11) is 0. The first-order chi connectivity index (χ1) is 12.1. The SMILES string of the molecule is Cc1nccn1-c1ccc(NC(=O)CNC(=O)c2ccccc2)cn1. The number of aryl methyl sites for hydroxylation is 1. The van der Waals surface area contributed by atoms with E-state index in [1.807, 2.05) is 23.8 Å². The number of nitrogens with one attached hydrogen (secondary N) is 2. The van der Waals surface area contributed by atoms with Gasteiger partial charge in [0.1, 0.15) is 11.6 Å². The highest BCUT2D eigenvalue weighted by Crippen LogP contribution is 2.11. The lowest BCUT2D eigenvalue weighted by Gasteiger charge is -2.08. The first-order valence-corrected chi connectivity index (χ1v) is 7.73. The van der Waals surface area contributed by atoms with Crippen LogP contribution in [0.5, 0.6) is 0 Å². The van der Waals surface area contributed by atoms with Crippen molar-refractivity contribution in [2.45, 2.75) is 6.92 Å². The predicted octanol–water partition coefficient (Wildman–Crippen LogP) is 1.94. The number of pyridine rings is 1. The largest absolute Gasteiger partial charge is 0.343 e. The number of rotatable bonds is 5. The Morgan fingerprint density at radius 1 is 1.08 bits per heavy atom. The van der Waals surface area contributed by atoms with Crippen LogP contribution in [0.1, 0.15) is 16.2 Å². The minimum absolute atomic E-state index is 0.115. The van der Waals surface area contributed by atoms with Crippen LogP contribution in [0, 0.1) is 6.92 Å². The number of hydrogen-bond acceptors (Lipinski definition) is 4. The highest BCUT2D eigenvalue weighted by Gasteiger charge is 2.08. The van der Waals surface area contributed by atoms with Gasteiger partial charge in [0, 0.05) is 18.0 Å². The monoisotopic (exact) mass is 335 g/mol. The molecule has 0 spiro atoms. The second-order valence-corrected chi connectivity index (χ2v) is 5.35. The minimum atomic E-state index is -0.322. The van der Waals surface area contributed by atoms with Crippen LogP contribution in [-0.4, -0.2) is 32.9 Å². The Labute approximate surface area is 144 Å². The Balaban J connectivity index is 1.55. The number of aromatic nitrogens is 3. The van der Waals surface area contributed by atoms with Crippen molar-refractivity contribution in [3.05, 3.63) is 72.4 Å². The predicted molar refractivity (Wildman–Crippen MR) is 93.5 cm³/mol. The molecule has 3 aromatic rings. The van der Waals surface area contributed by atoms with Crippen molar-refractivity contribution in [1.29, 1.82) is 0 Å². The van der Waals surface area contributed by atoms with E-state index in [-0.39, 0.29) is 18.4 Å². The molecule has 0 fully saturated rings. The molecule has 2 amide bonds. The van der Waals surface area contributed by atoms with E-state index in [1.54, 1.807) is 48.8 Å². The number of carbonyl (C=O) groups excluding carboxylic acids is 2. The van der Waals surface area contributed by atoms with E-state index in [2.05, 4.69) is 20.6 Å². The summed E-state index contributed by atoms with van der Waals surface area (Å²) >= 11 is 0. The van der Waals surface area contributed by atoms with Gasteiger partial charge in [0.15, 0.2) is 0 Å². The zero-order valence-electron chi connectivity index (χ0n) is 13.6. The van der Waals surface area contributed by atoms with Gasteiger partial charge in [-0.1, -0.05) is 18.2 Å². The molecule has 0 aliphatic carbocycles. The lowest BCUT2D eigenvalue weighted by molar-refractivity contribution is -0.115. The van der Waals surface area contributed by atoms with E-state index in [9.17, 15) is 9.59 Å². The van der Waals surface area contributed by atoms with Gasteiger partial charge < -0.3 is 10.6 Å². The molecule has 7 heteroatoms. The van der Waals surface area contributed by atoms with Crippen LogP contribution < -0.4 is 10.6 Å². The molecule has 126 valence electrons. The van der Waals surface area contributed by atoms with Crippen LogP contribution in [-0.2, 0) is 4.79 Å². The third kappa shape index (κ3) is 4.08. The number of hydrogen-bond donors (Lipinski definition) is 2. The fraction of sp³-hybridized carbons (Fsp3) is 0.111. The standard InChI is InChI=1S/C18H17N5O2/c1-13-19-9-10-23(13)16-8-7-15(11-20-16)22-17(24)12-21-18(25)14-5-3-2-4-6-14/h2-11H,12H2,1H3,(H,21,25)(H,22,24). The van der Waals surface area contributed by atoms with Crippen molar-refractivity contribution < 1.29 is 9.59 Å². The second-order valence-electron chi connectivity index (χ2n) is 5.35. The van der Waals surface area contributed by atoms with Gasteiger partial charge in [0.05, 0.1) is 18.4 Å². The summed E-state index contributed by atoms with van der Waals surface area (Å²) in [5.74, 6) is 0.927. The first kappa shape index (κ1) is 16.4. The lowest BCUT2D eigenvalue weighted by atomic mass is 10.2. The molecule has 0 saturated carbocycles. The molecular formula is C18H17N5O2. The van der Waals surface area contributed by atoms with Gasteiger partial charge in [-0.2, -0.15) is 0 Å². The van der Waals surface area contributed by atoms with Gasteiger partial charge >= 0.3 is 0 Å². The highest BCUT2D eigenvalue weighted by molar-refractivity contribution is 5.99. The topological polar surface area (TPSA) is 88.9 Å². The lowest BCUT2D eigenvalue weighted by Crippen LogP contribution is -2.32. The number of amides is 2. The molecule has 3 rings (SSSR count). The minimum Gasteiger partial charge on any atom is -0.343 e. The molecule has 0 aliphatic heterocycles. The first-order valence-electron chi connectivity index (χ1n) is 7.73. The number of imidazole rings is 1. The molecule has 0 atom stereocenters. The van der Waals surface area contributed by atoms with Crippen LogP contribution in [0.25, 0.3) is 5.82 Å². The van der Waals surface area contributed by atoms with Crippen LogP contribution >= 0.6 is 0 Å². The molecular weight excluding hydrogens is 318 g/mol. The number of benzene rings is 1. The van der Waals surface area contributed by atoms with Crippen molar-refractivity contribution >= 4 is 17.5 Å². The van der Waals surface area contributed by atoms with Gasteiger partial charge in [-0.3, -0.25) is 14.2 Å². The maximum atomic E-state index is 11.9. The average Bonchev–Trinajstić information content (AvgIpc) is 3.07. The van der Waals surface area contributed by atoms with Crippen LogP contribution in [0.15, 0.2) is 61.1 Å². The Morgan fingerprint density at radius 2 is 1.88 bits per heavy atom. The Morgan fingerprint density at radius 3 is 2.52 bits per heavy atom. The second kappa shape index (κ2) is 7.39. The molecule has 25 heavy (non-hydrogen) atoms. The zero-order valence-corrected chi connectivity index (χ0v) is 13.6. The molecule has 0 saturated heterocycles. The summed E-state index contributed by atoms with van der Waals surface area (Å²) in [5, 5.41) is 5.27. The zero-order chi connectivity index (χ0) is 17.6. The van der Waals surface area contributed by atoms with Crippen molar-refractivity contribution in [1.82, 2.24) is 19.9 Å². The number of carbonyl (C=O) groups is 2. The number of anilines is 1. The van der Waals surface area contributed by atoms with Gasteiger partial charge in [-0.15, -0.1) is 0 Å². The highest BCUT2D eigenvalue weighted by atomic mass is 16.2. The molecule has 7 nitrogen and oxygen atoms in total. The van der Waals surface area contributed by atoms with E-state index in [1.165, 1.54) is 0 Å². The van der Waals surface area contributed by atoms with Crippen molar-refractivity contribution in [2.75, 3.05) is 11.9 Å². The van der Waals surface area contributed by atoms with Gasteiger partial charge in [0.2, 0.25) is 5.91 Å². The Hall–Kier alpha value is -3.48. The van der Waals surface area contributed by atoms with Crippen molar-refractivity contribution in [3.63, 3.8) is 0 Å². The van der Waals surface area contributed by atoms with Crippen molar-refractivity contribution in [3.8, 4) is 5.82 Å². The summed E-state index contributed by atoms with van der Waals surface area (Å²) in [4.78, 5) is 32.3. The maximum Gasteiger partial charge on any atom is 0.251 e. The van der Waals surface area contributed by atoms with Crippen molar-refractivity contribution in [2.24, 2.45) is 0 Å². The summed E-state index contributed by atoms with van der Waals surface area (Å²) < 4.78 is 1.84. The summed E-state index contributed by atoms with van der Waals surface area (Å²) in [6.07, 6.45) is 5.07. The molecule has 0 aliphatic rings. The van der Waals surface area contributed by atoms with E-state index in [0.29, 0.717) is 17.1 Å². The van der Waals surface area contributed by atoms with Gasteiger partial charge in [0.25, 0.3) is 5.91 Å². The van der Waals surface area contributed by atoms with E-state index in [4.69, 9.17) is 0 Å². The van der Waals surface area contributed by atoms with E-state index in [0.717, 1.165) is 5.82 Å². The molecule has 1 aromatic carbocycles. The normalized spacial score (nSPS) is 10.3. The van der Waals surface area contributed by atoms with E-state index >= 15 is 0 Å². The molecule has 0 radical (unpaired) electrons. The number of nitrogens with zero attached hydrogens (tertiary/aromatic N) is 3. The smallest absolute Gasteiger partial charge is 0.251 e. The van der Waals surface area contributed by atoms with E-state index < -0.39 is 0 Å². The maximum absolute atomic E-state index is 11.9. The quantitative estimate of drug-likeness (QED) is 0.746. The van der Waals surface area contributed by atoms with Gasteiger partial charge in [-0.05, 0) is 31.2 Å². The summed E-state index contributed by atoms with van der Waals surface area (Å²) in [5.41, 5.74) is 1.07. The molecule has 0 bridgehead atoms. The summed E-state index contributed by atoms with van der Waals surface area (Å²) in [6, 6.07) is 12.3. The van der Waals surface area contributed by atoms with Crippen LogP contribution in [0.2, 0.25) is 0 Å². The Bertz CT molecular complexity index is 872. The third-order valence-corrected chi connectivity index (χ3v) is 3.55. The molecule has 2 N–H and O–H groups in total. The molecule has 0 unspecified atom stereocenters.